The van der Waals surface area contributed by atoms with Gasteiger partial charge in [0.2, 0.25) is 0 Å². The summed E-state index contributed by atoms with van der Waals surface area (Å²) >= 11 is 3.39. The quantitative estimate of drug-likeness (QED) is 0.901. The minimum Gasteiger partial charge on any atom is -0.322 e. The fraction of sp³-hybridized carbons (Fsp3) is 0.357. The van der Waals surface area contributed by atoms with Gasteiger partial charge in [-0.25, -0.2) is 8.78 Å². The lowest BCUT2D eigenvalue weighted by Crippen LogP contribution is -2.20. The number of halogens is 3. The van der Waals surface area contributed by atoms with Crippen molar-refractivity contribution in [2.24, 2.45) is 5.73 Å². The molecule has 3 nitrogen and oxygen atoms in total. The van der Waals surface area contributed by atoms with Crippen LogP contribution in [0, 0.1) is 11.6 Å². The Balaban J connectivity index is 2.28. The highest BCUT2D eigenvalue weighted by Crippen LogP contribution is 2.26. The topological polar surface area (TPSA) is 43.8 Å². The van der Waals surface area contributed by atoms with Crippen molar-refractivity contribution in [3.8, 4) is 0 Å². The molecule has 0 bridgehead atoms. The molecule has 0 fully saturated rings. The largest absolute Gasteiger partial charge is 0.322 e. The molecular weight excluding hydrogens is 328 g/mol. The molecule has 0 spiro atoms. The van der Waals surface area contributed by atoms with Gasteiger partial charge in [0.05, 0.1) is 22.4 Å². The third-order valence-corrected chi connectivity index (χ3v) is 3.72. The van der Waals surface area contributed by atoms with E-state index >= 15 is 0 Å². The van der Waals surface area contributed by atoms with Gasteiger partial charge in [0.15, 0.2) is 0 Å². The number of aromatic nitrogens is 2. The number of rotatable bonds is 5. The number of hydrogen-bond donors (Lipinski definition) is 1. The first-order chi connectivity index (χ1) is 9.54. The van der Waals surface area contributed by atoms with Crippen molar-refractivity contribution in [2.75, 3.05) is 0 Å². The third-order valence-electron chi connectivity index (χ3n) is 3.11. The predicted octanol–water partition coefficient (Wildman–Crippen LogP) is 3.58. The van der Waals surface area contributed by atoms with Crippen molar-refractivity contribution in [1.82, 2.24) is 9.78 Å². The molecule has 1 unspecified atom stereocenters. The average Bonchev–Trinajstić information content (AvgIpc) is 2.76. The van der Waals surface area contributed by atoms with Crippen molar-refractivity contribution in [1.29, 1.82) is 0 Å². The molecule has 6 heteroatoms. The lowest BCUT2D eigenvalue weighted by molar-refractivity contribution is 0.509. The van der Waals surface area contributed by atoms with E-state index in [1.807, 2.05) is 6.92 Å². The highest BCUT2D eigenvalue weighted by molar-refractivity contribution is 9.10. The van der Waals surface area contributed by atoms with Crippen LogP contribution in [-0.2, 0) is 13.0 Å². The second kappa shape index (κ2) is 6.45. The smallest absolute Gasteiger partial charge is 0.129 e. The molecule has 1 atom stereocenters. The Hall–Kier alpha value is -1.27. The zero-order valence-corrected chi connectivity index (χ0v) is 12.7. The standard InChI is InChI=1S/C14H16BrF2N3/c1-2-6-20-14(10(15)8-19-20)13(18)7-9-11(16)4-3-5-12(9)17/h3-5,8,13H,2,6-7,18H2,1H3. The number of nitrogens with zero attached hydrogens (tertiary/aromatic N) is 2. The first-order valence-corrected chi connectivity index (χ1v) is 7.23. The Morgan fingerprint density at radius 1 is 1.35 bits per heavy atom. The van der Waals surface area contributed by atoms with Crippen molar-refractivity contribution in [3.05, 3.63) is 51.8 Å². The van der Waals surface area contributed by atoms with Gasteiger partial charge in [-0.3, -0.25) is 4.68 Å². The maximum atomic E-state index is 13.7. The molecule has 0 aliphatic carbocycles. The summed E-state index contributed by atoms with van der Waals surface area (Å²) in [5, 5.41) is 4.22. The van der Waals surface area contributed by atoms with E-state index in [2.05, 4.69) is 21.0 Å². The van der Waals surface area contributed by atoms with Gasteiger partial charge < -0.3 is 5.73 Å². The lowest BCUT2D eigenvalue weighted by Gasteiger charge is -2.15. The van der Waals surface area contributed by atoms with Gasteiger partial charge in [0.25, 0.3) is 0 Å². The highest BCUT2D eigenvalue weighted by atomic mass is 79.9. The van der Waals surface area contributed by atoms with Crippen LogP contribution in [0.2, 0.25) is 0 Å². The number of nitrogens with two attached hydrogens (primary N) is 1. The van der Waals surface area contributed by atoms with Crippen LogP contribution in [-0.4, -0.2) is 9.78 Å². The second-order valence-corrected chi connectivity index (χ2v) is 5.47. The number of aryl methyl sites for hydroxylation is 1. The minimum atomic E-state index is -0.571. The SMILES string of the molecule is CCCn1ncc(Br)c1C(N)Cc1c(F)cccc1F. The van der Waals surface area contributed by atoms with Crippen molar-refractivity contribution >= 4 is 15.9 Å². The summed E-state index contributed by atoms with van der Waals surface area (Å²) in [6.45, 7) is 2.75. The van der Waals surface area contributed by atoms with E-state index in [-0.39, 0.29) is 12.0 Å². The lowest BCUT2D eigenvalue weighted by atomic mass is 10.0. The van der Waals surface area contributed by atoms with Gasteiger partial charge >= 0.3 is 0 Å². The summed E-state index contributed by atoms with van der Waals surface area (Å²) in [5.41, 5.74) is 6.89. The molecule has 0 saturated carbocycles. The molecule has 0 aliphatic rings. The molecule has 2 aromatic rings. The van der Waals surface area contributed by atoms with Crippen LogP contribution in [0.15, 0.2) is 28.9 Å². The van der Waals surface area contributed by atoms with E-state index in [1.54, 1.807) is 10.9 Å². The molecule has 0 amide bonds. The van der Waals surface area contributed by atoms with Crippen LogP contribution in [0.1, 0.15) is 30.6 Å². The van der Waals surface area contributed by atoms with E-state index in [0.717, 1.165) is 16.6 Å². The van der Waals surface area contributed by atoms with Gasteiger partial charge in [-0.1, -0.05) is 13.0 Å². The van der Waals surface area contributed by atoms with E-state index in [0.29, 0.717) is 6.54 Å². The molecule has 0 aliphatic heterocycles. The summed E-state index contributed by atoms with van der Waals surface area (Å²) in [6, 6.07) is 3.30. The van der Waals surface area contributed by atoms with Gasteiger partial charge in [-0.2, -0.15) is 5.10 Å². The maximum absolute atomic E-state index is 13.7. The molecule has 2 rings (SSSR count). The molecular formula is C14H16BrF2N3. The Labute approximate surface area is 124 Å². The van der Waals surface area contributed by atoms with E-state index in [4.69, 9.17) is 5.73 Å². The second-order valence-electron chi connectivity index (χ2n) is 4.61. The Bertz CT molecular complexity index is 578. The molecule has 1 aromatic carbocycles. The van der Waals surface area contributed by atoms with Gasteiger partial charge in [0.1, 0.15) is 11.6 Å². The van der Waals surface area contributed by atoms with Crippen LogP contribution in [0.5, 0.6) is 0 Å². The highest BCUT2D eigenvalue weighted by Gasteiger charge is 2.20. The monoisotopic (exact) mass is 343 g/mol. The molecule has 2 N–H and O–H groups in total. The van der Waals surface area contributed by atoms with E-state index in [9.17, 15) is 8.78 Å². The molecule has 0 saturated heterocycles. The van der Waals surface area contributed by atoms with Crippen LogP contribution < -0.4 is 5.73 Å². The molecule has 0 radical (unpaired) electrons. The van der Waals surface area contributed by atoms with E-state index < -0.39 is 17.7 Å². The molecule has 20 heavy (non-hydrogen) atoms. The fourth-order valence-electron chi connectivity index (χ4n) is 2.17. The van der Waals surface area contributed by atoms with Crippen molar-refractivity contribution in [3.63, 3.8) is 0 Å². The summed E-state index contributed by atoms with van der Waals surface area (Å²) in [7, 11) is 0. The van der Waals surface area contributed by atoms with E-state index in [1.165, 1.54) is 18.2 Å². The first kappa shape index (κ1) is 15.1. The number of benzene rings is 1. The van der Waals surface area contributed by atoms with Gasteiger partial charge in [-0.15, -0.1) is 0 Å². The zero-order valence-electron chi connectivity index (χ0n) is 11.1. The van der Waals surface area contributed by atoms with Crippen molar-refractivity contribution in [2.45, 2.75) is 32.4 Å². The zero-order chi connectivity index (χ0) is 14.7. The molecule has 1 aromatic heterocycles. The Kier molecular flexibility index (Phi) is 4.88. The maximum Gasteiger partial charge on any atom is 0.129 e. The average molecular weight is 344 g/mol. The minimum absolute atomic E-state index is 0.0103. The third kappa shape index (κ3) is 3.07. The normalized spacial score (nSPS) is 12.7. The predicted molar refractivity (Wildman–Crippen MR) is 77.2 cm³/mol. The summed E-state index contributed by atoms with van der Waals surface area (Å²) in [5.74, 6) is -1.14. The Morgan fingerprint density at radius 2 is 2.00 bits per heavy atom. The molecule has 1 heterocycles. The summed E-state index contributed by atoms with van der Waals surface area (Å²) < 4.78 is 29.9. The molecule has 108 valence electrons. The van der Waals surface area contributed by atoms with Crippen LogP contribution >= 0.6 is 15.9 Å². The summed E-state index contributed by atoms with van der Waals surface area (Å²) in [4.78, 5) is 0. The summed E-state index contributed by atoms with van der Waals surface area (Å²) in [6.07, 6.45) is 2.65. The number of hydrogen-bond acceptors (Lipinski definition) is 2. The Morgan fingerprint density at radius 3 is 2.60 bits per heavy atom. The first-order valence-electron chi connectivity index (χ1n) is 6.44. The van der Waals surface area contributed by atoms with Crippen LogP contribution in [0.3, 0.4) is 0 Å². The van der Waals surface area contributed by atoms with Gasteiger partial charge in [-0.05, 0) is 40.9 Å². The van der Waals surface area contributed by atoms with Crippen LogP contribution in [0.4, 0.5) is 8.78 Å². The van der Waals surface area contributed by atoms with Crippen LogP contribution in [0.25, 0.3) is 0 Å². The van der Waals surface area contributed by atoms with Gasteiger partial charge in [0, 0.05) is 12.1 Å². The van der Waals surface area contributed by atoms with Crippen molar-refractivity contribution < 1.29 is 8.78 Å². The fourth-order valence-corrected chi connectivity index (χ4v) is 2.76.